The molecule has 0 aliphatic carbocycles. The van der Waals surface area contributed by atoms with Crippen LogP contribution in [0.2, 0.25) is 0 Å². The number of aromatic hydroxyl groups is 1. The van der Waals surface area contributed by atoms with Crippen LogP contribution in [-0.2, 0) is 9.53 Å². The van der Waals surface area contributed by atoms with Crippen molar-refractivity contribution >= 4 is 17.8 Å². The van der Waals surface area contributed by atoms with Gasteiger partial charge < -0.3 is 29.5 Å². The second kappa shape index (κ2) is 9.38. The molecule has 0 saturated carbocycles. The summed E-state index contributed by atoms with van der Waals surface area (Å²) < 4.78 is 15.7. The number of methoxy groups -OCH3 is 2. The van der Waals surface area contributed by atoms with Gasteiger partial charge in [-0.05, 0) is 31.1 Å². The first-order chi connectivity index (χ1) is 13.3. The largest absolute Gasteiger partial charge is 0.504 e. The molecule has 1 heterocycles. The molecule has 28 heavy (non-hydrogen) atoms. The van der Waals surface area contributed by atoms with Crippen LogP contribution in [0.25, 0.3) is 6.08 Å². The number of phenols is 1. The van der Waals surface area contributed by atoms with Crippen molar-refractivity contribution in [2.45, 2.75) is 38.1 Å². The number of hydrogen-bond acceptors (Lipinski definition) is 8. The molecule has 3 N–H and O–H groups in total. The molecular weight excluding hydrogens is 368 g/mol. The third-order valence-electron chi connectivity index (χ3n) is 4.27. The quantitative estimate of drug-likeness (QED) is 0.649. The van der Waals surface area contributed by atoms with Crippen LogP contribution >= 0.6 is 0 Å². The number of phenolic OH excluding ortho intramolecular Hbond substituents is 1. The maximum absolute atomic E-state index is 12.7. The number of aliphatic hydroxyl groups is 2. The zero-order valence-corrected chi connectivity index (χ0v) is 15.9. The van der Waals surface area contributed by atoms with Crippen molar-refractivity contribution in [1.82, 2.24) is 0 Å². The molecule has 0 amide bonds. The maximum Gasteiger partial charge on any atom is 0.342 e. The van der Waals surface area contributed by atoms with E-state index in [1.165, 1.54) is 38.5 Å². The lowest BCUT2D eigenvalue weighted by Crippen LogP contribution is -2.32. The van der Waals surface area contributed by atoms with Gasteiger partial charge in [0.05, 0.1) is 20.3 Å². The Balaban J connectivity index is 2.55. The number of ether oxygens (including phenoxy) is 3. The second-order valence-corrected chi connectivity index (χ2v) is 6.33. The molecule has 0 bridgehead atoms. The van der Waals surface area contributed by atoms with Crippen molar-refractivity contribution in [3.8, 4) is 17.2 Å². The molecule has 0 radical (unpaired) electrons. The summed E-state index contributed by atoms with van der Waals surface area (Å²) in [5, 5.41) is 30.5. The Bertz CT molecular complexity index is 796. The molecule has 0 spiro atoms. The van der Waals surface area contributed by atoms with Gasteiger partial charge in [-0.15, -0.1) is 0 Å². The number of ketones is 1. The van der Waals surface area contributed by atoms with Crippen LogP contribution in [0.3, 0.4) is 0 Å². The molecule has 2 rings (SSSR count). The first-order valence-corrected chi connectivity index (χ1v) is 8.72. The van der Waals surface area contributed by atoms with Crippen molar-refractivity contribution < 1.29 is 39.1 Å². The van der Waals surface area contributed by atoms with E-state index in [1.807, 2.05) is 0 Å². The van der Waals surface area contributed by atoms with Gasteiger partial charge in [-0.2, -0.15) is 0 Å². The number of benzene rings is 1. The first-order valence-electron chi connectivity index (χ1n) is 8.72. The lowest BCUT2D eigenvalue weighted by atomic mass is 10.0. The van der Waals surface area contributed by atoms with Crippen LogP contribution < -0.4 is 9.47 Å². The fourth-order valence-corrected chi connectivity index (χ4v) is 2.76. The number of carbonyl (C=O) groups is 2. The smallest absolute Gasteiger partial charge is 0.342 e. The molecule has 1 aliphatic rings. The topological polar surface area (TPSA) is 123 Å². The predicted octanol–water partition coefficient (Wildman–Crippen LogP) is 1.61. The Morgan fingerprint density at radius 3 is 2.39 bits per heavy atom. The number of esters is 1. The lowest BCUT2D eigenvalue weighted by molar-refractivity contribution is -0.127. The van der Waals surface area contributed by atoms with Crippen molar-refractivity contribution in [3.05, 3.63) is 35.4 Å². The molecule has 8 nitrogen and oxygen atoms in total. The Morgan fingerprint density at radius 2 is 1.75 bits per heavy atom. The Labute approximate surface area is 162 Å². The summed E-state index contributed by atoms with van der Waals surface area (Å²) in [5.41, 5.74) is 0.154. The summed E-state index contributed by atoms with van der Waals surface area (Å²) in [4.78, 5) is 24.5. The predicted molar refractivity (Wildman–Crippen MR) is 101 cm³/mol. The first kappa shape index (κ1) is 21.5. The van der Waals surface area contributed by atoms with Crippen LogP contribution in [0.15, 0.2) is 24.3 Å². The minimum atomic E-state index is -1.57. The zero-order chi connectivity index (χ0) is 20.8. The van der Waals surface area contributed by atoms with E-state index in [9.17, 15) is 24.9 Å². The van der Waals surface area contributed by atoms with Crippen molar-refractivity contribution in [2.24, 2.45) is 0 Å². The van der Waals surface area contributed by atoms with E-state index in [4.69, 9.17) is 14.2 Å². The summed E-state index contributed by atoms with van der Waals surface area (Å²) in [6.07, 6.45) is 2.19. The van der Waals surface area contributed by atoms with Gasteiger partial charge in [0, 0.05) is 6.42 Å². The summed E-state index contributed by atoms with van der Waals surface area (Å²) >= 11 is 0. The van der Waals surface area contributed by atoms with Crippen molar-refractivity contribution in [1.29, 1.82) is 0 Å². The summed E-state index contributed by atoms with van der Waals surface area (Å²) in [6, 6.07) is 1.48. The molecule has 0 aromatic heterocycles. The third kappa shape index (κ3) is 4.71. The third-order valence-corrected chi connectivity index (χ3v) is 4.27. The van der Waals surface area contributed by atoms with E-state index in [-0.39, 0.29) is 35.5 Å². The minimum absolute atomic E-state index is 0.0127. The standard InChI is InChI=1S/C20H24O8/c1-11-6-4-8-13(21)17(23)14(22)9-5-7-12-10-15(26-2)19(27-3)18(24)16(12)20(25)28-11/h4-5,7-8,10-11,14,17,22-24H,6,9H2,1-3H3/b7-5+,8-4-/t11-,14-,17?/m0/s1. The van der Waals surface area contributed by atoms with E-state index >= 15 is 0 Å². The highest BCUT2D eigenvalue weighted by Gasteiger charge is 2.26. The van der Waals surface area contributed by atoms with Gasteiger partial charge >= 0.3 is 5.97 Å². The number of fused-ring (bicyclic) bond motifs is 1. The second-order valence-electron chi connectivity index (χ2n) is 6.33. The molecule has 152 valence electrons. The van der Waals surface area contributed by atoms with Gasteiger partial charge in [0.25, 0.3) is 0 Å². The molecule has 0 saturated heterocycles. The molecule has 0 fully saturated rings. The molecule has 3 atom stereocenters. The summed E-state index contributed by atoms with van der Waals surface area (Å²) in [7, 11) is 2.71. The van der Waals surface area contributed by atoms with Crippen LogP contribution in [0.4, 0.5) is 0 Å². The molecule has 8 heteroatoms. The van der Waals surface area contributed by atoms with Crippen molar-refractivity contribution in [3.63, 3.8) is 0 Å². The Kier molecular flexibility index (Phi) is 7.19. The molecular formula is C20H24O8. The van der Waals surface area contributed by atoms with Crippen LogP contribution in [-0.4, -0.2) is 59.6 Å². The van der Waals surface area contributed by atoms with E-state index in [0.717, 1.165) is 6.08 Å². The lowest BCUT2D eigenvalue weighted by Gasteiger charge is -2.18. The van der Waals surface area contributed by atoms with Gasteiger partial charge in [-0.1, -0.05) is 18.2 Å². The maximum atomic E-state index is 12.7. The fraction of sp³-hybridized carbons (Fsp3) is 0.400. The van der Waals surface area contributed by atoms with E-state index in [0.29, 0.717) is 0 Å². The number of aliphatic hydroxyl groups excluding tert-OH is 2. The molecule has 1 aromatic rings. The monoisotopic (exact) mass is 392 g/mol. The minimum Gasteiger partial charge on any atom is -0.504 e. The number of rotatable bonds is 2. The Hall–Kier alpha value is -2.84. The highest BCUT2D eigenvalue weighted by atomic mass is 16.5. The van der Waals surface area contributed by atoms with Gasteiger partial charge in [-0.3, -0.25) is 4.79 Å². The van der Waals surface area contributed by atoms with E-state index < -0.39 is 35.8 Å². The Morgan fingerprint density at radius 1 is 1.07 bits per heavy atom. The van der Waals surface area contributed by atoms with Crippen molar-refractivity contribution in [2.75, 3.05) is 14.2 Å². The highest BCUT2D eigenvalue weighted by Crippen LogP contribution is 2.42. The van der Waals surface area contributed by atoms with Gasteiger partial charge in [0.1, 0.15) is 17.8 Å². The fourth-order valence-electron chi connectivity index (χ4n) is 2.76. The summed E-state index contributed by atoms with van der Waals surface area (Å²) in [5.74, 6) is -1.66. The zero-order valence-electron chi connectivity index (χ0n) is 15.9. The van der Waals surface area contributed by atoms with E-state index in [1.54, 1.807) is 6.92 Å². The average Bonchev–Trinajstić information content (AvgIpc) is 2.65. The normalized spacial score (nSPS) is 25.8. The average molecular weight is 392 g/mol. The van der Waals surface area contributed by atoms with E-state index in [2.05, 4.69) is 0 Å². The number of hydrogen-bond donors (Lipinski definition) is 3. The number of carbonyl (C=O) groups excluding carboxylic acids is 2. The van der Waals surface area contributed by atoms with Crippen LogP contribution in [0, 0.1) is 0 Å². The number of cyclic esters (lactones) is 1. The molecule has 1 aliphatic heterocycles. The van der Waals surface area contributed by atoms with Crippen LogP contribution in [0.1, 0.15) is 35.7 Å². The SMILES string of the molecule is COc1cc2c(c(O)c1OC)C(=O)O[C@@H](C)C/C=C\C(=O)C(O)[C@@H](O)C/C=C/2. The van der Waals surface area contributed by atoms with Crippen LogP contribution in [0.5, 0.6) is 17.2 Å². The summed E-state index contributed by atoms with van der Waals surface area (Å²) in [6.45, 7) is 1.62. The molecule has 1 aromatic carbocycles. The van der Waals surface area contributed by atoms with Gasteiger partial charge in [0.15, 0.2) is 17.3 Å². The highest BCUT2D eigenvalue weighted by molar-refractivity contribution is 5.98. The van der Waals surface area contributed by atoms with Gasteiger partial charge in [-0.25, -0.2) is 4.79 Å². The van der Waals surface area contributed by atoms with Gasteiger partial charge in [0.2, 0.25) is 5.75 Å². The molecule has 1 unspecified atom stereocenters.